The topological polar surface area (TPSA) is 107 Å². The fourth-order valence-corrected chi connectivity index (χ4v) is 3.54. The standard InChI is InChI=1S/C18H23N7O/c19-10-13-4-1-2-5-14(13)11-24-17(26)16-21-7-9-25(16)22-18(24)23-8-3-6-15(20)12-23/h1-2,4-5,7,9,15H,3,6,8,10-12,19-20H2. The second-order valence-electron chi connectivity index (χ2n) is 6.71. The molecule has 0 saturated carbocycles. The summed E-state index contributed by atoms with van der Waals surface area (Å²) in [4.78, 5) is 19.3. The molecule has 1 unspecified atom stereocenters. The largest absolute Gasteiger partial charge is 0.339 e. The van der Waals surface area contributed by atoms with Crippen LogP contribution in [0.4, 0.5) is 5.95 Å². The fourth-order valence-electron chi connectivity index (χ4n) is 3.54. The Kier molecular flexibility index (Phi) is 4.44. The van der Waals surface area contributed by atoms with Crippen molar-refractivity contribution in [2.75, 3.05) is 18.0 Å². The van der Waals surface area contributed by atoms with E-state index in [4.69, 9.17) is 11.5 Å². The van der Waals surface area contributed by atoms with E-state index in [1.807, 2.05) is 24.3 Å². The van der Waals surface area contributed by atoms with E-state index >= 15 is 0 Å². The lowest BCUT2D eigenvalue weighted by atomic mass is 10.1. The quantitative estimate of drug-likeness (QED) is 0.700. The molecule has 4 rings (SSSR count). The Morgan fingerprint density at radius 2 is 2.04 bits per heavy atom. The summed E-state index contributed by atoms with van der Waals surface area (Å²) < 4.78 is 3.23. The number of hydrogen-bond acceptors (Lipinski definition) is 6. The van der Waals surface area contributed by atoms with Crippen molar-refractivity contribution >= 4 is 11.6 Å². The van der Waals surface area contributed by atoms with E-state index in [0.717, 1.165) is 30.5 Å². The van der Waals surface area contributed by atoms with Gasteiger partial charge in [-0.1, -0.05) is 24.3 Å². The van der Waals surface area contributed by atoms with Crippen LogP contribution in [-0.4, -0.2) is 38.3 Å². The summed E-state index contributed by atoms with van der Waals surface area (Å²) in [6.45, 7) is 2.35. The third-order valence-corrected chi connectivity index (χ3v) is 4.90. The number of imidazole rings is 1. The van der Waals surface area contributed by atoms with E-state index in [-0.39, 0.29) is 11.6 Å². The number of aromatic nitrogens is 4. The predicted octanol–water partition coefficient (Wildman–Crippen LogP) is 0.326. The lowest BCUT2D eigenvalue weighted by Gasteiger charge is -2.32. The van der Waals surface area contributed by atoms with Gasteiger partial charge in [0.2, 0.25) is 11.6 Å². The summed E-state index contributed by atoms with van der Waals surface area (Å²) in [5, 5.41) is 4.66. The first kappa shape index (κ1) is 16.7. The highest BCUT2D eigenvalue weighted by Gasteiger charge is 2.23. The molecule has 1 aliphatic rings. The second-order valence-corrected chi connectivity index (χ2v) is 6.71. The smallest absolute Gasteiger partial charge is 0.298 e. The third kappa shape index (κ3) is 2.97. The lowest BCUT2D eigenvalue weighted by Crippen LogP contribution is -2.46. The Bertz CT molecular complexity index is 977. The van der Waals surface area contributed by atoms with Gasteiger partial charge in [0.05, 0.1) is 6.54 Å². The first-order valence-electron chi connectivity index (χ1n) is 8.89. The number of hydrogen-bond donors (Lipinski definition) is 2. The Labute approximate surface area is 151 Å². The van der Waals surface area contributed by atoms with Crippen LogP contribution in [0.15, 0.2) is 41.5 Å². The Morgan fingerprint density at radius 3 is 2.81 bits per heavy atom. The van der Waals surface area contributed by atoms with Crippen LogP contribution in [0.5, 0.6) is 0 Å². The van der Waals surface area contributed by atoms with Gasteiger partial charge in [0.15, 0.2) is 0 Å². The van der Waals surface area contributed by atoms with Crippen LogP contribution in [0.2, 0.25) is 0 Å². The minimum atomic E-state index is -0.161. The molecular weight excluding hydrogens is 330 g/mol. The SMILES string of the molecule is NCc1ccccc1Cn1c(N2CCCC(N)C2)nn2ccnc2c1=O. The predicted molar refractivity (Wildman–Crippen MR) is 100 cm³/mol. The number of nitrogens with zero attached hydrogens (tertiary/aromatic N) is 5. The summed E-state index contributed by atoms with van der Waals surface area (Å²) in [5.41, 5.74) is 14.2. The van der Waals surface area contributed by atoms with Crippen LogP contribution in [0.3, 0.4) is 0 Å². The molecule has 0 radical (unpaired) electrons. The molecule has 2 aromatic heterocycles. The van der Waals surface area contributed by atoms with E-state index in [1.165, 1.54) is 0 Å². The number of fused-ring (bicyclic) bond motifs is 1. The molecule has 1 aliphatic heterocycles. The molecule has 26 heavy (non-hydrogen) atoms. The van der Waals surface area contributed by atoms with Gasteiger partial charge in [0.1, 0.15) is 0 Å². The van der Waals surface area contributed by atoms with Gasteiger partial charge in [-0.25, -0.2) is 9.50 Å². The van der Waals surface area contributed by atoms with E-state index < -0.39 is 0 Å². The normalized spacial score (nSPS) is 17.8. The monoisotopic (exact) mass is 353 g/mol. The summed E-state index contributed by atoms with van der Waals surface area (Å²) in [5.74, 6) is 0.627. The zero-order chi connectivity index (χ0) is 18.1. The van der Waals surface area contributed by atoms with Crippen LogP contribution < -0.4 is 21.9 Å². The first-order valence-corrected chi connectivity index (χ1v) is 8.89. The number of nitrogens with two attached hydrogens (primary N) is 2. The number of anilines is 1. The minimum Gasteiger partial charge on any atom is -0.339 e. The highest BCUT2D eigenvalue weighted by atomic mass is 16.1. The van der Waals surface area contributed by atoms with Gasteiger partial charge in [-0.15, -0.1) is 5.10 Å². The molecule has 8 nitrogen and oxygen atoms in total. The van der Waals surface area contributed by atoms with Crippen molar-refractivity contribution in [3.05, 3.63) is 58.1 Å². The van der Waals surface area contributed by atoms with Gasteiger partial charge >= 0.3 is 0 Å². The van der Waals surface area contributed by atoms with Crippen LogP contribution in [0.25, 0.3) is 5.65 Å². The van der Waals surface area contributed by atoms with Crippen molar-refractivity contribution in [3.63, 3.8) is 0 Å². The molecule has 0 amide bonds. The van der Waals surface area contributed by atoms with Gasteiger partial charge in [0.25, 0.3) is 5.56 Å². The Balaban J connectivity index is 1.84. The van der Waals surface area contributed by atoms with Gasteiger partial charge in [-0.3, -0.25) is 9.36 Å². The van der Waals surface area contributed by atoms with Crippen molar-refractivity contribution in [1.82, 2.24) is 19.2 Å². The second kappa shape index (κ2) is 6.89. The van der Waals surface area contributed by atoms with Gasteiger partial charge in [-0.2, -0.15) is 0 Å². The third-order valence-electron chi connectivity index (χ3n) is 4.90. The van der Waals surface area contributed by atoms with E-state index in [1.54, 1.807) is 21.5 Å². The number of benzene rings is 1. The summed E-state index contributed by atoms with van der Waals surface area (Å²) in [7, 11) is 0. The molecule has 1 aromatic carbocycles. The maximum atomic E-state index is 13.1. The van der Waals surface area contributed by atoms with Crippen molar-refractivity contribution in [3.8, 4) is 0 Å². The number of piperidine rings is 1. The zero-order valence-electron chi connectivity index (χ0n) is 14.6. The average molecular weight is 353 g/mol. The molecular formula is C18H23N7O. The summed E-state index contributed by atoms with van der Waals surface area (Å²) in [6.07, 6.45) is 5.26. The first-order chi connectivity index (χ1) is 12.7. The maximum Gasteiger partial charge on any atom is 0.298 e. The van der Waals surface area contributed by atoms with E-state index in [9.17, 15) is 4.79 Å². The van der Waals surface area contributed by atoms with Gasteiger partial charge in [0, 0.05) is 38.1 Å². The summed E-state index contributed by atoms with van der Waals surface area (Å²) in [6, 6.07) is 7.98. The molecule has 0 aliphatic carbocycles. The molecule has 3 heterocycles. The van der Waals surface area contributed by atoms with Gasteiger partial charge in [-0.05, 0) is 24.0 Å². The van der Waals surface area contributed by atoms with E-state index in [0.29, 0.717) is 31.2 Å². The zero-order valence-corrected chi connectivity index (χ0v) is 14.6. The molecule has 1 atom stereocenters. The lowest BCUT2D eigenvalue weighted by molar-refractivity contribution is 0.487. The van der Waals surface area contributed by atoms with Crippen molar-refractivity contribution in [1.29, 1.82) is 0 Å². The molecule has 0 bridgehead atoms. The average Bonchev–Trinajstić information content (AvgIpc) is 3.13. The molecule has 136 valence electrons. The molecule has 1 fully saturated rings. The van der Waals surface area contributed by atoms with E-state index in [2.05, 4.69) is 15.0 Å². The van der Waals surface area contributed by atoms with Crippen molar-refractivity contribution in [2.45, 2.75) is 32.0 Å². The Morgan fingerprint density at radius 1 is 1.23 bits per heavy atom. The highest BCUT2D eigenvalue weighted by molar-refractivity contribution is 5.42. The van der Waals surface area contributed by atoms with Gasteiger partial charge < -0.3 is 16.4 Å². The fraction of sp³-hybridized carbons (Fsp3) is 0.389. The molecule has 0 spiro atoms. The minimum absolute atomic E-state index is 0.0870. The van der Waals surface area contributed by atoms with Crippen LogP contribution in [0, 0.1) is 0 Å². The molecule has 1 saturated heterocycles. The number of rotatable bonds is 4. The van der Waals surface area contributed by atoms with Crippen LogP contribution in [-0.2, 0) is 13.1 Å². The van der Waals surface area contributed by atoms with Crippen LogP contribution in [0.1, 0.15) is 24.0 Å². The Hall–Kier alpha value is -2.71. The van der Waals surface area contributed by atoms with Crippen molar-refractivity contribution < 1.29 is 0 Å². The van der Waals surface area contributed by atoms with Crippen molar-refractivity contribution in [2.24, 2.45) is 11.5 Å². The molecule has 4 N–H and O–H groups in total. The highest BCUT2D eigenvalue weighted by Crippen LogP contribution is 2.18. The maximum absolute atomic E-state index is 13.1. The molecule has 8 heteroatoms. The summed E-state index contributed by atoms with van der Waals surface area (Å²) >= 11 is 0. The molecule has 3 aromatic rings. The van der Waals surface area contributed by atoms with Crippen LogP contribution >= 0.6 is 0 Å².